The molecule has 2 fully saturated rings. The Balaban J connectivity index is 1.95. The molecule has 6 heteroatoms. The van der Waals surface area contributed by atoms with Crippen LogP contribution in [0, 0.1) is 0 Å². The summed E-state index contributed by atoms with van der Waals surface area (Å²) in [4.78, 5) is 11.4. The summed E-state index contributed by atoms with van der Waals surface area (Å²) in [5.74, 6) is -0.346. The van der Waals surface area contributed by atoms with Gasteiger partial charge in [0, 0.05) is 12.0 Å². The van der Waals surface area contributed by atoms with Crippen LogP contribution in [0.4, 0.5) is 0 Å². The summed E-state index contributed by atoms with van der Waals surface area (Å²) in [6, 6.07) is 0. The van der Waals surface area contributed by atoms with Gasteiger partial charge in [-0.2, -0.15) is 0 Å². The van der Waals surface area contributed by atoms with Crippen LogP contribution in [0.15, 0.2) is 0 Å². The van der Waals surface area contributed by atoms with Gasteiger partial charge in [-0.15, -0.1) is 0 Å². The molecule has 1 heterocycles. The number of amides is 1. The molecule has 2 rings (SSSR count). The van der Waals surface area contributed by atoms with Crippen molar-refractivity contribution in [2.75, 3.05) is 26.9 Å². The molecule has 1 spiro atoms. The van der Waals surface area contributed by atoms with Crippen molar-refractivity contribution in [1.82, 2.24) is 10.8 Å². The number of carbonyl (C=O) groups is 1. The Hall–Kier alpha value is -0.690. The summed E-state index contributed by atoms with van der Waals surface area (Å²) in [5, 5.41) is 11.9. The van der Waals surface area contributed by atoms with E-state index in [1.165, 1.54) is 0 Å². The molecule has 1 saturated carbocycles. The molecule has 1 aliphatic heterocycles. The molecule has 0 atom stereocenters. The van der Waals surface area contributed by atoms with Gasteiger partial charge in [-0.05, 0) is 32.7 Å². The van der Waals surface area contributed by atoms with E-state index in [0.717, 1.165) is 25.7 Å². The van der Waals surface area contributed by atoms with E-state index in [1.54, 1.807) is 5.48 Å². The van der Waals surface area contributed by atoms with E-state index in [2.05, 4.69) is 5.32 Å². The quantitative estimate of drug-likeness (QED) is 0.498. The van der Waals surface area contributed by atoms with E-state index in [9.17, 15) is 4.79 Å². The van der Waals surface area contributed by atoms with Gasteiger partial charge in [0.1, 0.15) is 0 Å². The zero-order valence-corrected chi connectivity index (χ0v) is 10.8. The first-order valence-corrected chi connectivity index (χ1v) is 6.47. The van der Waals surface area contributed by atoms with Crippen LogP contribution in [0.5, 0.6) is 0 Å². The first-order valence-electron chi connectivity index (χ1n) is 6.47. The van der Waals surface area contributed by atoms with E-state index in [0.29, 0.717) is 19.8 Å². The molecule has 1 aliphatic carbocycles. The summed E-state index contributed by atoms with van der Waals surface area (Å²) in [7, 11) is 1.86. The van der Waals surface area contributed by atoms with Crippen molar-refractivity contribution in [2.45, 2.75) is 43.2 Å². The largest absolute Gasteiger partial charge is 0.376 e. The zero-order valence-electron chi connectivity index (χ0n) is 10.8. The SMILES string of the molecule is CNC1(CC(=O)NO)CCC2(CC1)COCCO2. The third-order valence-electron chi connectivity index (χ3n) is 4.27. The highest BCUT2D eigenvalue weighted by atomic mass is 16.6. The lowest BCUT2D eigenvalue weighted by Gasteiger charge is -2.47. The fraction of sp³-hybridized carbons (Fsp3) is 0.917. The molecule has 6 nitrogen and oxygen atoms in total. The van der Waals surface area contributed by atoms with Crippen LogP contribution in [0.2, 0.25) is 0 Å². The third-order valence-corrected chi connectivity index (χ3v) is 4.27. The second-order valence-corrected chi connectivity index (χ2v) is 5.33. The smallest absolute Gasteiger partial charge is 0.245 e. The summed E-state index contributed by atoms with van der Waals surface area (Å²) in [6.45, 7) is 1.98. The van der Waals surface area contributed by atoms with Gasteiger partial charge in [0.25, 0.3) is 0 Å². The fourth-order valence-electron chi connectivity index (χ4n) is 2.95. The second-order valence-electron chi connectivity index (χ2n) is 5.33. The lowest BCUT2D eigenvalue weighted by atomic mass is 9.72. The van der Waals surface area contributed by atoms with Gasteiger partial charge in [0.2, 0.25) is 5.91 Å². The molecule has 104 valence electrons. The molecule has 18 heavy (non-hydrogen) atoms. The standard InChI is InChI=1S/C12H22N2O4/c1-13-11(8-10(15)14-16)2-4-12(5-3-11)9-17-6-7-18-12/h13,16H,2-9H2,1H3,(H,14,15). The van der Waals surface area contributed by atoms with Crippen molar-refractivity contribution in [3.8, 4) is 0 Å². The van der Waals surface area contributed by atoms with E-state index in [4.69, 9.17) is 14.7 Å². The molecule has 0 aromatic carbocycles. The first-order chi connectivity index (χ1) is 8.64. The fourth-order valence-corrected chi connectivity index (χ4v) is 2.95. The highest BCUT2D eigenvalue weighted by Gasteiger charge is 2.44. The molecule has 0 aromatic rings. The summed E-state index contributed by atoms with van der Waals surface area (Å²) in [6.07, 6.45) is 3.75. The predicted octanol–water partition coefficient (Wildman–Crippen LogP) is 0.200. The highest BCUT2D eigenvalue weighted by Crippen LogP contribution is 2.40. The van der Waals surface area contributed by atoms with Gasteiger partial charge < -0.3 is 14.8 Å². The second kappa shape index (κ2) is 5.52. The maximum absolute atomic E-state index is 11.4. The maximum Gasteiger partial charge on any atom is 0.245 e. The van der Waals surface area contributed by atoms with Crippen molar-refractivity contribution in [2.24, 2.45) is 0 Å². The van der Waals surface area contributed by atoms with Crippen LogP contribution in [0.1, 0.15) is 32.1 Å². The number of nitrogens with one attached hydrogen (secondary N) is 2. The summed E-state index contributed by atoms with van der Waals surface area (Å²) >= 11 is 0. The average molecular weight is 258 g/mol. The van der Waals surface area contributed by atoms with E-state index < -0.39 is 0 Å². The Kier molecular flexibility index (Phi) is 4.21. The molecular formula is C12H22N2O4. The molecule has 0 bridgehead atoms. The summed E-state index contributed by atoms with van der Waals surface area (Å²) in [5.41, 5.74) is 1.31. The highest BCUT2D eigenvalue weighted by molar-refractivity contribution is 5.76. The molecule has 3 N–H and O–H groups in total. The lowest BCUT2D eigenvalue weighted by molar-refractivity contribution is -0.178. The monoisotopic (exact) mass is 258 g/mol. The maximum atomic E-state index is 11.4. The molecule has 0 unspecified atom stereocenters. The Bertz CT molecular complexity index is 292. The topological polar surface area (TPSA) is 79.8 Å². The number of hydroxylamine groups is 1. The van der Waals surface area contributed by atoms with Gasteiger partial charge >= 0.3 is 0 Å². The average Bonchev–Trinajstić information content (AvgIpc) is 2.43. The molecule has 2 aliphatic rings. The normalized spacial score (nSPS) is 36.6. The predicted molar refractivity (Wildman–Crippen MR) is 64.3 cm³/mol. The van der Waals surface area contributed by atoms with Crippen molar-refractivity contribution in [3.63, 3.8) is 0 Å². The molecule has 0 aromatic heterocycles. The van der Waals surface area contributed by atoms with Crippen LogP contribution < -0.4 is 10.8 Å². The number of rotatable bonds is 3. The van der Waals surface area contributed by atoms with Crippen LogP contribution in [-0.2, 0) is 14.3 Å². The molecular weight excluding hydrogens is 236 g/mol. The minimum Gasteiger partial charge on any atom is -0.376 e. The van der Waals surface area contributed by atoms with Crippen molar-refractivity contribution >= 4 is 5.91 Å². The van der Waals surface area contributed by atoms with Gasteiger partial charge in [-0.25, -0.2) is 5.48 Å². The zero-order chi connectivity index (χ0) is 13.1. The van der Waals surface area contributed by atoms with Crippen LogP contribution in [0.3, 0.4) is 0 Å². The van der Waals surface area contributed by atoms with Crippen LogP contribution >= 0.6 is 0 Å². The van der Waals surface area contributed by atoms with Gasteiger partial charge in [-0.1, -0.05) is 0 Å². The van der Waals surface area contributed by atoms with E-state index >= 15 is 0 Å². The lowest BCUT2D eigenvalue weighted by Crippen LogP contribution is -2.55. The third kappa shape index (κ3) is 2.83. The van der Waals surface area contributed by atoms with Crippen molar-refractivity contribution in [1.29, 1.82) is 0 Å². The molecule has 1 amide bonds. The number of carbonyl (C=O) groups excluding carboxylic acids is 1. The van der Waals surface area contributed by atoms with E-state index in [-0.39, 0.29) is 23.5 Å². The van der Waals surface area contributed by atoms with Gasteiger partial charge in [0.15, 0.2) is 0 Å². The van der Waals surface area contributed by atoms with Crippen molar-refractivity contribution < 1.29 is 19.5 Å². The molecule has 1 saturated heterocycles. The Morgan fingerprint density at radius 3 is 2.50 bits per heavy atom. The molecule has 0 radical (unpaired) electrons. The van der Waals surface area contributed by atoms with E-state index in [1.807, 2.05) is 7.05 Å². The number of hydrogen-bond acceptors (Lipinski definition) is 5. The minimum absolute atomic E-state index is 0.158. The van der Waals surface area contributed by atoms with Crippen LogP contribution in [0.25, 0.3) is 0 Å². The van der Waals surface area contributed by atoms with Crippen molar-refractivity contribution in [3.05, 3.63) is 0 Å². The summed E-state index contributed by atoms with van der Waals surface area (Å²) < 4.78 is 11.4. The number of hydrogen-bond donors (Lipinski definition) is 3. The van der Waals surface area contributed by atoms with Gasteiger partial charge in [-0.3, -0.25) is 10.0 Å². The Morgan fingerprint density at radius 2 is 2.00 bits per heavy atom. The van der Waals surface area contributed by atoms with Gasteiger partial charge in [0.05, 0.1) is 25.4 Å². The number of ether oxygens (including phenoxy) is 2. The minimum atomic E-state index is -0.346. The van der Waals surface area contributed by atoms with Crippen LogP contribution in [-0.4, -0.2) is 49.1 Å². The first kappa shape index (κ1) is 13.7. The Morgan fingerprint density at radius 1 is 1.28 bits per heavy atom. The Labute approximate surface area is 107 Å².